The second-order valence-corrected chi connectivity index (χ2v) is 2.66. The molecule has 0 bridgehead atoms. The van der Waals surface area contributed by atoms with Crippen molar-refractivity contribution >= 4 is 12.4 Å². The zero-order chi connectivity index (χ0) is 6.69. The van der Waals surface area contributed by atoms with E-state index in [1.807, 2.05) is 0 Å². The van der Waals surface area contributed by atoms with Gasteiger partial charge in [-0.25, -0.2) is 0 Å². The van der Waals surface area contributed by atoms with E-state index in [4.69, 9.17) is 4.74 Å². The summed E-state index contributed by atoms with van der Waals surface area (Å²) >= 11 is 0. The topological polar surface area (TPSA) is 21.3 Å². The Labute approximate surface area is 68.7 Å². The molecule has 0 unspecified atom stereocenters. The molecule has 3 heteroatoms. The molecule has 0 aromatic carbocycles. The van der Waals surface area contributed by atoms with Crippen molar-refractivity contribution in [2.24, 2.45) is 0 Å². The summed E-state index contributed by atoms with van der Waals surface area (Å²) in [7, 11) is 1.79. The van der Waals surface area contributed by atoms with Gasteiger partial charge in [-0.15, -0.1) is 12.4 Å². The van der Waals surface area contributed by atoms with Crippen LogP contribution in [0.5, 0.6) is 0 Å². The molecule has 0 spiro atoms. The molecule has 0 saturated carbocycles. The van der Waals surface area contributed by atoms with Gasteiger partial charge in [-0.1, -0.05) is 0 Å². The summed E-state index contributed by atoms with van der Waals surface area (Å²) in [4.78, 5) is 0. The highest BCUT2D eigenvalue weighted by molar-refractivity contribution is 5.85. The van der Waals surface area contributed by atoms with Gasteiger partial charge in [-0.2, -0.15) is 0 Å². The minimum atomic E-state index is 0. The summed E-state index contributed by atoms with van der Waals surface area (Å²) in [5.41, 5.74) is 0. The molecular weight excluding hydrogens is 150 g/mol. The average molecular weight is 166 g/mol. The molecule has 2 atom stereocenters. The largest absolute Gasteiger partial charge is 0.380 e. The normalized spacial score (nSPS) is 33.0. The molecular formula is C7H16ClNO. The maximum Gasteiger partial charge on any atom is 0.0722 e. The lowest BCUT2D eigenvalue weighted by molar-refractivity contribution is 0.0514. The van der Waals surface area contributed by atoms with Crippen molar-refractivity contribution in [3.05, 3.63) is 0 Å². The van der Waals surface area contributed by atoms with Crippen LogP contribution in [0.4, 0.5) is 0 Å². The molecule has 1 fully saturated rings. The Morgan fingerprint density at radius 3 is 2.60 bits per heavy atom. The van der Waals surface area contributed by atoms with Gasteiger partial charge in [0.2, 0.25) is 0 Å². The average Bonchev–Trinajstić information content (AvgIpc) is 1.89. The fraction of sp³-hybridized carbons (Fsp3) is 1.00. The van der Waals surface area contributed by atoms with Crippen molar-refractivity contribution < 1.29 is 4.74 Å². The summed E-state index contributed by atoms with van der Waals surface area (Å²) < 4.78 is 5.24. The number of nitrogens with one attached hydrogen (secondary N) is 1. The number of methoxy groups -OCH3 is 1. The summed E-state index contributed by atoms with van der Waals surface area (Å²) in [6.07, 6.45) is 2.91. The van der Waals surface area contributed by atoms with Crippen LogP contribution in [-0.4, -0.2) is 25.8 Å². The smallest absolute Gasteiger partial charge is 0.0722 e. The number of hydrogen-bond donors (Lipinski definition) is 1. The second kappa shape index (κ2) is 4.94. The summed E-state index contributed by atoms with van der Waals surface area (Å²) in [5.74, 6) is 0. The minimum Gasteiger partial charge on any atom is -0.380 e. The van der Waals surface area contributed by atoms with E-state index in [1.165, 1.54) is 12.8 Å². The van der Waals surface area contributed by atoms with Crippen LogP contribution in [0.1, 0.15) is 19.8 Å². The number of halogens is 1. The predicted molar refractivity (Wildman–Crippen MR) is 44.7 cm³/mol. The van der Waals surface area contributed by atoms with Gasteiger partial charge in [-0.05, 0) is 26.3 Å². The first-order valence-electron chi connectivity index (χ1n) is 3.61. The first kappa shape index (κ1) is 10.2. The molecule has 62 valence electrons. The standard InChI is InChI=1S/C7H15NO.ClH/c1-6-7(9-2)4-3-5-8-6;/h6-8H,3-5H2,1-2H3;1H/t6-,7-;/m1./s1. The number of piperidine rings is 1. The summed E-state index contributed by atoms with van der Waals surface area (Å²) in [6.45, 7) is 3.33. The molecule has 10 heavy (non-hydrogen) atoms. The fourth-order valence-electron chi connectivity index (χ4n) is 1.34. The molecule has 0 radical (unpaired) electrons. The first-order valence-corrected chi connectivity index (χ1v) is 3.61. The SMILES string of the molecule is CO[C@@H]1CCCN[C@@H]1C.Cl. The van der Waals surface area contributed by atoms with E-state index in [0.29, 0.717) is 12.1 Å². The van der Waals surface area contributed by atoms with Gasteiger partial charge >= 0.3 is 0 Å². The van der Waals surface area contributed by atoms with Crippen molar-refractivity contribution in [1.29, 1.82) is 0 Å². The van der Waals surface area contributed by atoms with Crippen LogP contribution in [0.15, 0.2) is 0 Å². The molecule has 0 aromatic heterocycles. The van der Waals surface area contributed by atoms with E-state index < -0.39 is 0 Å². The Morgan fingerprint density at radius 2 is 2.20 bits per heavy atom. The zero-order valence-corrected chi connectivity index (χ0v) is 7.41. The Hall–Kier alpha value is 0.210. The van der Waals surface area contributed by atoms with E-state index in [0.717, 1.165) is 6.54 Å². The summed E-state index contributed by atoms with van der Waals surface area (Å²) in [6, 6.07) is 0.545. The van der Waals surface area contributed by atoms with E-state index in [2.05, 4.69) is 12.2 Å². The monoisotopic (exact) mass is 165 g/mol. The molecule has 1 rings (SSSR count). The van der Waals surface area contributed by atoms with Crippen molar-refractivity contribution in [2.75, 3.05) is 13.7 Å². The molecule has 1 aliphatic heterocycles. The quantitative estimate of drug-likeness (QED) is 0.631. The third kappa shape index (κ3) is 2.45. The molecule has 1 saturated heterocycles. The lowest BCUT2D eigenvalue weighted by atomic mass is 10.0. The zero-order valence-electron chi connectivity index (χ0n) is 6.59. The van der Waals surface area contributed by atoms with Crippen LogP contribution in [0.25, 0.3) is 0 Å². The van der Waals surface area contributed by atoms with Crippen LogP contribution in [0.3, 0.4) is 0 Å². The number of rotatable bonds is 1. The summed E-state index contributed by atoms with van der Waals surface area (Å²) in [5, 5.41) is 3.36. The third-order valence-corrected chi connectivity index (χ3v) is 1.99. The molecule has 1 heterocycles. The van der Waals surface area contributed by atoms with Crippen LogP contribution in [-0.2, 0) is 4.74 Å². The van der Waals surface area contributed by atoms with Gasteiger partial charge in [0.25, 0.3) is 0 Å². The third-order valence-electron chi connectivity index (χ3n) is 1.99. The van der Waals surface area contributed by atoms with Crippen LogP contribution in [0.2, 0.25) is 0 Å². The minimum absolute atomic E-state index is 0. The van der Waals surface area contributed by atoms with E-state index in [1.54, 1.807) is 7.11 Å². The van der Waals surface area contributed by atoms with Crippen molar-refractivity contribution in [1.82, 2.24) is 5.32 Å². The molecule has 0 aliphatic carbocycles. The van der Waals surface area contributed by atoms with Gasteiger partial charge in [0, 0.05) is 13.2 Å². The maximum atomic E-state index is 5.24. The molecule has 1 N–H and O–H groups in total. The van der Waals surface area contributed by atoms with Gasteiger partial charge in [-0.3, -0.25) is 0 Å². The second-order valence-electron chi connectivity index (χ2n) is 2.66. The van der Waals surface area contributed by atoms with Gasteiger partial charge in [0.05, 0.1) is 6.10 Å². The highest BCUT2D eigenvalue weighted by Gasteiger charge is 2.19. The number of ether oxygens (including phenoxy) is 1. The van der Waals surface area contributed by atoms with Crippen molar-refractivity contribution in [3.8, 4) is 0 Å². The lowest BCUT2D eigenvalue weighted by Crippen LogP contribution is -2.43. The van der Waals surface area contributed by atoms with Gasteiger partial charge < -0.3 is 10.1 Å². The maximum absolute atomic E-state index is 5.24. The predicted octanol–water partition coefficient (Wildman–Crippen LogP) is 1.20. The Kier molecular flexibility index (Phi) is 5.04. The van der Waals surface area contributed by atoms with Crippen LogP contribution in [0, 0.1) is 0 Å². The fourth-order valence-corrected chi connectivity index (χ4v) is 1.34. The highest BCUT2D eigenvalue weighted by Crippen LogP contribution is 2.10. The van der Waals surface area contributed by atoms with E-state index >= 15 is 0 Å². The highest BCUT2D eigenvalue weighted by atomic mass is 35.5. The van der Waals surface area contributed by atoms with Crippen molar-refractivity contribution in [3.63, 3.8) is 0 Å². The van der Waals surface area contributed by atoms with Crippen LogP contribution >= 0.6 is 12.4 Å². The molecule has 1 aliphatic rings. The molecule has 0 aromatic rings. The first-order chi connectivity index (χ1) is 4.34. The lowest BCUT2D eigenvalue weighted by Gasteiger charge is -2.28. The molecule has 0 amide bonds. The number of hydrogen-bond acceptors (Lipinski definition) is 2. The van der Waals surface area contributed by atoms with Gasteiger partial charge in [0.15, 0.2) is 0 Å². The Bertz CT molecular complexity index is 89.7. The van der Waals surface area contributed by atoms with Crippen LogP contribution < -0.4 is 5.32 Å². The van der Waals surface area contributed by atoms with Crippen molar-refractivity contribution in [2.45, 2.75) is 31.9 Å². The van der Waals surface area contributed by atoms with E-state index in [9.17, 15) is 0 Å². The Morgan fingerprint density at radius 1 is 1.50 bits per heavy atom. The van der Waals surface area contributed by atoms with Gasteiger partial charge in [0.1, 0.15) is 0 Å². The van der Waals surface area contributed by atoms with E-state index in [-0.39, 0.29) is 12.4 Å². The Balaban J connectivity index is 0.000000810. The molecule has 2 nitrogen and oxygen atoms in total.